The van der Waals surface area contributed by atoms with Crippen LogP contribution < -0.4 is 0 Å². The van der Waals surface area contributed by atoms with Crippen molar-refractivity contribution < 1.29 is 38.8 Å². The van der Waals surface area contributed by atoms with Crippen molar-refractivity contribution in [2.45, 2.75) is 213 Å². The molecule has 52 heavy (non-hydrogen) atoms. The monoisotopic (exact) mass is 733 g/mol. The molecule has 8 heteroatoms. The Labute approximate surface area is 316 Å². The molecular weight excluding hydrogens is 656 g/mol. The van der Waals surface area contributed by atoms with Crippen LogP contribution >= 0.6 is 0 Å². The minimum Gasteiger partial charge on any atom is -0.392 e. The number of hydrogen-bond donors (Lipinski definition) is 2. The van der Waals surface area contributed by atoms with Gasteiger partial charge in [-0.15, -0.1) is 0 Å². The molecule has 0 radical (unpaired) electrons. The Bertz CT molecular complexity index is 1120. The predicted octanol–water partition coefficient (Wildman–Crippen LogP) is 9.26. The maximum absolute atomic E-state index is 12.9. The molecule has 11 atom stereocenters. The maximum atomic E-state index is 12.9. The van der Waals surface area contributed by atoms with Crippen molar-refractivity contribution >= 4 is 17.3 Å². The van der Waals surface area contributed by atoms with Gasteiger partial charge in [-0.25, -0.2) is 0 Å². The van der Waals surface area contributed by atoms with E-state index in [0.717, 1.165) is 95.7 Å². The van der Waals surface area contributed by atoms with E-state index < -0.39 is 23.9 Å². The summed E-state index contributed by atoms with van der Waals surface area (Å²) in [5.74, 6) is 1.36. The van der Waals surface area contributed by atoms with E-state index in [9.17, 15) is 24.6 Å². The lowest BCUT2D eigenvalue weighted by Gasteiger charge is -2.47. The molecule has 0 aromatic carbocycles. The van der Waals surface area contributed by atoms with Crippen molar-refractivity contribution in [2.75, 3.05) is 6.61 Å². The number of ketones is 3. The molecule has 1 spiro atoms. The number of hydrogen-bond acceptors (Lipinski definition) is 8. The van der Waals surface area contributed by atoms with E-state index in [-0.39, 0.29) is 35.7 Å². The van der Waals surface area contributed by atoms with Crippen LogP contribution in [0.1, 0.15) is 177 Å². The number of unbranched alkanes of at least 4 members (excludes halogenated alkanes) is 2. The van der Waals surface area contributed by atoms with Gasteiger partial charge in [-0.1, -0.05) is 53.5 Å². The number of rotatable bonds is 23. The second-order valence-corrected chi connectivity index (χ2v) is 17.3. The minimum absolute atomic E-state index is 0.0789. The fourth-order valence-electron chi connectivity index (χ4n) is 8.64. The van der Waals surface area contributed by atoms with Crippen molar-refractivity contribution in [1.29, 1.82) is 0 Å². The predicted molar refractivity (Wildman–Crippen MR) is 207 cm³/mol. The van der Waals surface area contributed by atoms with Crippen molar-refractivity contribution in [3.05, 3.63) is 11.6 Å². The van der Waals surface area contributed by atoms with Crippen LogP contribution in [0.3, 0.4) is 0 Å². The maximum Gasteiger partial charge on any atom is 0.168 e. The average molecular weight is 733 g/mol. The quantitative estimate of drug-likeness (QED) is 0.0789. The van der Waals surface area contributed by atoms with Gasteiger partial charge in [0.25, 0.3) is 0 Å². The number of carbonyl (C=O) groups excluding carboxylic acids is 3. The largest absolute Gasteiger partial charge is 0.392 e. The first-order chi connectivity index (χ1) is 24.7. The molecule has 11 unspecified atom stereocenters. The SMILES string of the molecule is CCCC(=O)CC1CCC(C)C(CC(=O)CCCC(O)C(C)C(=O)CCCCCC2COC3(CCCC(CCC(C)/C=C(\C)C(C)O)O3)CC2C)O1. The topological polar surface area (TPSA) is 119 Å². The minimum atomic E-state index is -0.729. The number of allylic oxidation sites excluding steroid dienone is 1. The van der Waals surface area contributed by atoms with E-state index in [1.807, 2.05) is 27.7 Å². The Balaban J connectivity index is 1.27. The zero-order valence-corrected chi connectivity index (χ0v) is 34.0. The first-order valence-electron chi connectivity index (χ1n) is 21.3. The van der Waals surface area contributed by atoms with E-state index in [0.29, 0.717) is 68.6 Å². The summed E-state index contributed by atoms with van der Waals surface area (Å²) in [6, 6.07) is 0. The molecule has 3 heterocycles. The van der Waals surface area contributed by atoms with E-state index in [4.69, 9.17) is 14.2 Å². The molecule has 3 aliphatic rings. The molecule has 0 aromatic heterocycles. The molecule has 8 nitrogen and oxygen atoms in total. The van der Waals surface area contributed by atoms with Gasteiger partial charge in [0.1, 0.15) is 17.3 Å². The molecule has 2 N–H and O–H groups in total. The van der Waals surface area contributed by atoms with Gasteiger partial charge in [0, 0.05) is 50.9 Å². The van der Waals surface area contributed by atoms with Crippen molar-refractivity contribution in [2.24, 2.45) is 29.6 Å². The molecule has 0 bridgehead atoms. The second kappa shape index (κ2) is 22.8. The van der Waals surface area contributed by atoms with Gasteiger partial charge in [0.2, 0.25) is 0 Å². The van der Waals surface area contributed by atoms with E-state index >= 15 is 0 Å². The Morgan fingerprint density at radius 3 is 2.31 bits per heavy atom. The second-order valence-electron chi connectivity index (χ2n) is 17.3. The summed E-state index contributed by atoms with van der Waals surface area (Å²) in [6.45, 7) is 15.0. The van der Waals surface area contributed by atoms with Crippen molar-refractivity contribution in [3.63, 3.8) is 0 Å². The third kappa shape index (κ3) is 15.4. The summed E-state index contributed by atoms with van der Waals surface area (Å²) in [6.07, 6.45) is 17.2. The summed E-state index contributed by atoms with van der Waals surface area (Å²) in [7, 11) is 0. The molecular formula is C44H76O8. The number of ether oxygens (including phenoxy) is 3. The Hall–Kier alpha value is -1.45. The van der Waals surface area contributed by atoms with Crippen LogP contribution in [-0.4, -0.2) is 70.5 Å². The lowest BCUT2D eigenvalue weighted by atomic mass is 9.80. The van der Waals surface area contributed by atoms with Crippen LogP contribution in [0.25, 0.3) is 0 Å². The van der Waals surface area contributed by atoms with Crippen LogP contribution in [-0.2, 0) is 28.6 Å². The zero-order chi connectivity index (χ0) is 38.3. The van der Waals surface area contributed by atoms with E-state index in [1.165, 1.54) is 0 Å². The Morgan fingerprint density at radius 2 is 1.60 bits per heavy atom. The summed E-state index contributed by atoms with van der Waals surface area (Å²) < 4.78 is 19.3. The highest BCUT2D eigenvalue weighted by Crippen LogP contribution is 2.43. The molecule has 300 valence electrons. The molecule has 0 amide bonds. The van der Waals surface area contributed by atoms with Gasteiger partial charge in [0.05, 0.1) is 37.1 Å². The first kappa shape index (κ1) is 44.9. The smallest absolute Gasteiger partial charge is 0.168 e. The molecule has 0 aromatic rings. The normalized spacial score (nSPS) is 30.8. The molecule has 0 saturated carbocycles. The van der Waals surface area contributed by atoms with Gasteiger partial charge in [-0.3, -0.25) is 14.4 Å². The number of carbonyl (C=O) groups is 3. The van der Waals surface area contributed by atoms with Gasteiger partial charge >= 0.3 is 0 Å². The number of Topliss-reactive ketones (excluding diaryl/α,β-unsaturated/α-hetero) is 3. The highest BCUT2D eigenvalue weighted by Gasteiger charge is 2.44. The van der Waals surface area contributed by atoms with Crippen molar-refractivity contribution in [3.8, 4) is 0 Å². The van der Waals surface area contributed by atoms with E-state index in [2.05, 4.69) is 26.8 Å². The number of aliphatic hydroxyl groups is 2. The summed E-state index contributed by atoms with van der Waals surface area (Å²) in [5, 5.41) is 20.5. The highest BCUT2D eigenvalue weighted by molar-refractivity contribution is 5.81. The fraction of sp³-hybridized carbons (Fsp3) is 0.886. The fourth-order valence-corrected chi connectivity index (χ4v) is 8.64. The van der Waals surface area contributed by atoms with Crippen LogP contribution in [0, 0.1) is 29.6 Å². The van der Waals surface area contributed by atoms with Crippen LogP contribution in [0.5, 0.6) is 0 Å². The third-order valence-corrected chi connectivity index (χ3v) is 12.5. The van der Waals surface area contributed by atoms with Crippen molar-refractivity contribution in [1.82, 2.24) is 0 Å². The zero-order valence-electron chi connectivity index (χ0n) is 34.0. The summed E-state index contributed by atoms with van der Waals surface area (Å²) in [5.41, 5.74) is 1.03. The van der Waals surface area contributed by atoms with Gasteiger partial charge in [-0.2, -0.15) is 0 Å². The average Bonchev–Trinajstić information content (AvgIpc) is 3.09. The third-order valence-electron chi connectivity index (χ3n) is 12.5. The summed E-state index contributed by atoms with van der Waals surface area (Å²) >= 11 is 0. The molecule has 0 aliphatic carbocycles. The van der Waals surface area contributed by atoms with E-state index in [1.54, 1.807) is 0 Å². The van der Waals surface area contributed by atoms with Crippen LogP contribution in [0.2, 0.25) is 0 Å². The van der Waals surface area contributed by atoms with Gasteiger partial charge in [0.15, 0.2) is 5.79 Å². The highest BCUT2D eigenvalue weighted by atomic mass is 16.7. The lowest BCUT2D eigenvalue weighted by Crippen LogP contribution is -2.49. The lowest BCUT2D eigenvalue weighted by molar-refractivity contribution is -0.312. The van der Waals surface area contributed by atoms with Crippen LogP contribution in [0.4, 0.5) is 0 Å². The molecule has 3 rings (SSSR count). The Morgan fingerprint density at radius 1 is 0.846 bits per heavy atom. The molecule has 3 saturated heterocycles. The molecule has 3 fully saturated rings. The van der Waals surface area contributed by atoms with Crippen LogP contribution in [0.15, 0.2) is 11.6 Å². The van der Waals surface area contributed by atoms with Gasteiger partial charge in [-0.05, 0) is 114 Å². The standard InChI is InChI=1S/C44H76O8/c1-8-14-37(46)26-40-23-21-31(3)43(51-40)27-38(47)16-12-19-42(49)34(6)41(48)18-11-9-10-15-36-29-50-44(28-33(36)5)24-13-17-39(52-44)22-20-30(2)25-32(4)35(7)45/h25,30-31,33-36,39-40,42-43,45,49H,8-24,26-29H2,1-7H3/b32-25+. The van der Waals surface area contributed by atoms with Gasteiger partial charge < -0.3 is 24.4 Å². The summed E-state index contributed by atoms with van der Waals surface area (Å²) in [4.78, 5) is 37.7. The number of aliphatic hydroxyl groups excluding tert-OH is 2. The first-order valence-corrected chi connectivity index (χ1v) is 21.3. The molecule has 3 aliphatic heterocycles. The Kier molecular flexibility index (Phi) is 19.7.